The van der Waals surface area contributed by atoms with E-state index in [0.717, 1.165) is 25.1 Å². The van der Waals surface area contributed by atoms with Crippen molar-refractivity contribution in [3.05, 3.63) is 23.8 Å². The van der Waals surface area contributed by atoms with E-state index < -0.39 is 5.97 Å². The number of carbonyl (C=O) groups is 1. The lowest BCUT2D eigenvalue weighted by Gasteiger charge is -2.08. The summed E-state index contributed by atoms with van der Waals surface area (Å²) in [5.41, 5.74) is 0.988. The van der Waals surface area contributed by atoms with Crippen LogP contribution in [0.3, 0.4) is 0 Å². The molecule has 0 amide bonds. The summed E-state index contributed by atoms with van der Waals surface area (Å²) in [6.07, 6.45) is 2.18. The van der Waals surface area contributed by atoms with E-state index in [0.29, 0.717) is 0 Å². The number of hydrogen-bond donors (Lipinski definition) is 2. The lowest BCUT2D eigenvalue weighted by molar-refractivity contribution is 0.0597. The normalized spacial score (nSPS) is 9.88. The van der Waals surface area contributed by atoms with Crippen LogP contribution >= 0.6 is 0 Å². The van der Waals surface area contributed by atoms with Gasteiger partial charge in [-0.3, -0.25) is 0 Å². The standard InChI is InChI=1S/C12H17NO3/c1-3-4-7-13-9-5-6-10(11(14)8-9)12(15)16-2/h5-6,8,13-14H,3-4,7H2,1-2H3. The molecule has 1 aromatic carbocycles. The Balaban J connectivity index is 2.71. The number of unbranched alkanes of at least 4 members (excludes halogenated alkanes) is 1. The molecule has 2 N–H and O–H groups in total. The number of rotatable bonds is 5. The van der Waals surface area contributed by atoms with E-state index in [9.17, 15) is 9.90 Å². The molecule has 0 bridgehead atoms. The Hall–Kier alpha value is -1.71. The predicted octanol–water partition coefficient (Wildman–Crippen LogP) is 2.39. The third kappa shape index (κ3) is 3.15. The first-order chi connectivity index (χ1) is 7.69. The molecule has 0 aliphatic rings. The smallest absolute Gasteiger partial charge is 0.341 e. The first-order valence-corrected chi connectivity index (χ1v) is 5.34. The highest BCUT2D eigenvalue weighted by molar-refractivity contribution is 5.92. The zero-order valence-electron chi connectivity index (χ0n) is 9.62. The fourth-order valence-electron chi connectivity index (χ4n) is 1.33. The van der Waals surface area contributed by atoms with Crippen molar-refractivity contribution in [3.63, 3.8) is 0 Å². The second-order valence-electron chi connectivity index (χ2n) is 3.50. The molecule has 0 aromatic heterocycles. The van der Waals surface area contributed by atoms with Gasteiger partial charge in [-0.2, -0.15) is 0 Å². The molecule has 1 rings (SSSR count). The van der Waals surface area contributed by atoms with Crippen LogP contribution in [0.5, 0.6) is 5.75 Å². The second-order valence-corrected chi connectivity index (χ2v) is 3.50. The molecule has 0 saturated heterocycles. The number of hydrogen-bond acceptors (Lipinski definition) is 4. The highest BCUT2D eigenvalue weighted by atomic mass is 16.5. The number of anilines is 1. The monoisotopic (exact) mass is 223 g/mol. The summed E-state index contributed by atoms with van der Waals surface area (Å²) in [5, 5.41) is 12.8. The SMILES string of the molecule is CCCCNc1ccc(C(=O)OC)c(O)c1. The Labute approximate surface area is 95.2 Å². The summed E-state index contributed by atoms with van der Waals surface area (Å²) in [4.78, 5) is 11.2. The summed E-state index contributed by atoms with van der Waals surface area (Å²) < 4.78 is 4.54. The van der Waals surface area contributed by atoms with Crippen molar-refractivity contribution in [1.82, 2.24) is 0 Å². The number of benzene rings is 1. The van der Waals surface area contributed by atoms with Crippen LogP contribution in [0.25, 0.3) is 0 Å². The maximum absolute atomic E-state index is 11.2. The summed E-state index contributed by atoms with van der Waals surface area (Å²) in [6.45, 7) is 2.97. The summed E-state index contributed by atoms with van der Waals surface area (Å²) >= 11 is 0. The van der Waals surface area contributed by atoms with Gasteiger partial charge in [0.15, 0.2) is 0 Å². The fraction of sp³-hybridized carbons (Fsp3) is 0.417. The molecular weight excluding hydrogens is 206 g/mol. The Morgan fingerprint density at radius 3 is 2.81 bits per heavy atom. The Bertz CT molecular complexity index is 363. The summed E-state index contributed by atoms with van der Waals surface area (Å²) in [6, 6.07) is 4.83. The minimum absolute atomic E-state index is 0.0617. The van der Waals surface area contributed by atoms with Crippen LogP contribution in [0.1, 0.15) is 30.1 Å². The van der Waals surface area contributed by atoms with Crippen LogP contribution in [-0.4, -0.2) is 24.7 Å². The molecule has 0 aliphatic carbocycles. The topological polar surface area (TPSA) is 58.6 Å². The largest absolute Gasteiger partial charge is 0.507 e. The van der Waals surface area contributed by atoms with Gasteiger partial charge in [0.1, 0.15) is 11.3 Å². The molecular formula is C12H17NO3. The van der Waals surface area contributed by atoms with Gasteiger partial charge >= 0.3 is 5.97 Å². The van der Waals surface area contributed by atoms with Gasteiger partial charge in [0.2, 0.25) is 0 Å². The van der Waals surface area contributed by atoms with E-state index >= 15 is 0 Å². The quantitative estimate of drug-likeness (QED) is 0.594. The van der Waals surface area contributed by atoms with Crippen molar-refractivity contribution in [1.29, 1.82) is 0 Å². The number of aromatic hydroxyl groups is 1. The summed E-state index contributed by atoms with van der Waals surface area (Å²) in [7, 11) is 1.29. The number of methoxy groups -OCH3 is 1. The third-order valence-electron chi connectivity index (χ3n) is 2.26. The predicted molar refractivity (Wildman–Crippen MR) is 62.8 cm³/mol. The zero-order chi connectivity index (χ0) is 12.0. The van der Waals surface area contributed by atoms with Gasteiger partial charge in [-0.25, -0.2) is 4.79 Å². The molecule has 0 aliphatic heterocycles. The molecule has 88 valence electrons. The van der Waals surface area contributed by atoms with Gasteiger partial charge in [-0.1, -0.05) is 13.3 Å². The van der Waals surface area contributed by atoms with Crippen molar-refractivity contribution >= 4 is 11.7 Å². The number of ether oxygens (including phenoxy) is 1. The van der Waals surface area contributed by atoms with Gasteiger partial charge in [0, 0.05) is 18.3 Å². The Morgan fingerprint density at radius 1 is 1.50 bits per heavy atom. The molecule has 0 fully saturated rings. The van der Waals surface area contributed by atoms with E-state index in [-0.39, 0.29) is 11.3 Å². The van der Waals surface area contributed by atoms with Crippen LogP contribution in [0.4, 0.5) is 5.69 Å². The minimum atomic E-state index is -0.530. The first-order valence-electron chi connectivity index (χ1n) is 5.34. The molecule has 0 unspecified atom stereocenters. The van der Waals surface area contributed by atoms with Crippen molar-refractivity contribution in [2.75, 3.05) is 19.0 Å². The molecule has 0 atom stereocenters. The number of phenolic OH excluding ortho intramolecular Hbond substituents is 1. The van der Waals surface area contributed by atoms with Gasteiger partial charge in [0.25, 0.3) is 0 Å². The average Bonchev–Trinajstić information content (AvgIpc) is 2.29. The highest BCUT2D eigenvalue weighted by Crippen LogP contribution is 2.22. The van der Waals surface area contributed by atoms with Crippen LogP contribution in [-0.2, 0) is 4.74 Å². The average molecular weight is 223 g/mol. The Morgan fingerprint density at radius 2 is 2.25 bits per heavy atom. The number of nitrogens with one attached hydrogen (secondary N) is 1. The van der Waals surface area contributed by atoms with Crippen LogP contribution in [0.15, 0.2) is 18.2 Å². The third-order valence-corrected chi connectivity index (χ3v) is 2.26. The van der Waals surface area contributed by atoms with Gasteiger partial charge in [0.05, 0.1) is 7.11 Å². The molecule has 1 aromatic rings. The number of esters is 1. The lowest BCUT2D eigenvalue weighted by Crippen LogP contribution is -2.04. The zero-order valence-corrected chi connectivity index (χ0v) is 9.62. The minimum Gasteiger partial charge on any atom is -0.507 e. The molecule has 0 radical (unpaired) electrons. The lowest BCUT2D eigenvalue weighted by atomic mass is 10.2. The summed E-state index contributed by atoms with van der Waals surface area (Å²) in [5.74, 6) is -0.592. The van der Waals surface area contributed by atoms with Gasteiger partial charge < -0.3 is 15.2 Å². The van der Waals surface area contributed by atoms with Gasteiger partial charge in [-0.05, 0) is 18.6 Å². The van der Waals surface area contributed by atoms with Crippen molar-refractivity contribution in [2.45, 2.75) is 19.8 Å². The molecule has 0 heterocycles. The van der Waals surface area contributed by atoms with Crippen LogP contribution < -0.4 is 5.32 Å². The van der Waals surface area contributed by atoms with E-state index in [2.05, 4.69) is 17.0 Å². The molecule has 4 nitrogen and oxygen atoms in total. The maximum Gasteiger partial charge on any atom is 0.341 e. The van der Waals surface area contributed by atoms with Crippen LogP contribution in [0, 0.1) is 0 Å². The maximum atomic E-state index is 11.2. The van der Waals surface area contributed by atoms with Crippen molar-refractivity contribution in [2.24, 2.45) is 0 Å². The van der Waals surface area contributed by atoms with Gasteiger partial charge in [-0.15, -0.1) is 0 Å². The number of phenols is 1. The second kappa shape index (κ2) is 6.00. The first kappa shape index (κ1) is 12.4. The number of carbonyl (C=O) groups excluding carboxylic acids is 1. The van der Waals surface area contributed by atoms with Crippen LogP contribution in [0.2, 0.25) is 0 Å². The molecule has 16 heavy (non-hydrogen) atoms. The van der Waals surface area contributed by atoms with E-state index in [1.165, 1.54) is 13.2 Å². The van der Waals surface area contributed by atoms with E-state index in [1.54, 1.807) is 12.1 Å². The van der Waals surface area contributed by atoms with E-state index in [4.69, 9.17) is 0 Å². The highest BCUT2D eigenvalue weighted by Gasteiger charge is 2.11. The molecule has 4 heteroatoms. The fourth-order valence-corrected chi connectivity index (χ4v) is 1.33. The Kier molecular flexibility index (Phi) is 4.64. The van der Waals surface area contributed by atoms with Crippen molar-refractivity contribution in [3.8, 4) is 5.75 Å². The van der Waals surface area contributed by atoms with E-state index in [1.807, 2.05) is 0 Å². The van der Waals surface area contributed by atoms with Crippen molar-refractivity contribution < 1.29 is 14.6 Å². The molecule has 0 saturated carbocycles. The molecule has 0 spiro atoms.